The molecule has 0 radical (unpaired) electrons. The normalized spacial score (nSPS) is 17.6. The first-order valence-electron chi connectivity index (χ1n) is 5.68. The molecular formula is C12H15N3S. The predicted molar refractivity (Wildman–Crippen MR) is 68.0 cm³/mol. The Morgan fingerprint density at radius 1 is 1.44 bits per heavy atom. The van der Waals surface area contributed by atoms with Crippen molar-refractivity contribution in [2.45, 2.75) is 25.8 Å². The van der Waals surface area contributed by atoms with Crippen LogP contribution in [-0.2, 0) is 0 Å². The average molecular weight is 233 g/mol. The molecule has 4 heteroatoms. The van der Waals surface area contributed by atoms with E-state index in [0.717, 1.165) is 17.3 Å². The zero-order valence-corrected chi connectivity index (χ0v) is 10.4. The summed E-state index contributed by atoms with van der Waals surface area (Å²) in [5.74, 6) is 1.94. The van der Waals surface area contributed by atoms with Crippen LogP contribution in [0.3, 0.4) is 0 Å². The molecule has 1 atom stereocenters. The first kappa shape index (κ1) is 10.0. The van der Waals surface area contributed by atoms with E-state index in [-0.39, 0.29) is 0 Å². The Balaban J connectivity index is 2.00. The molecule has 16 heavy (non-hydrogen) atoms. The van der Waals surface area contributed by atoms with Gasteiger partial charge in [0.2, 0.25) is 0 Å². The molecule has 84 valence electrons. The van der Waals surface area contributed by atoms with Crippen LogP contribution in [0, 0.1) is 5.92 Å². The molecule has 2 aromatic rings. The molecule has 1 saturated carbocycles. The number of thiophene rings is 1. The summed E-state index contributed by atoms with van der Waals surface area (Å²) < 4.78 is 1.21. The van der Waals surface area contributed by atoms with Crippen LogP contribution >= 0.6 is 11.3 Å². The van der Waals surface area contributed by atoms with Gasteiger partial charge in [0, 0.05) is 13.1 Å². The van der Waals surface area contributed by atoms with Gasteiger partial charge in [-0.3, -0.25) is 0 Å². The van der Waals surface area contributed by atoms with Crippen molar-refractivity contribution in [3.8, 4) is 0 Å². The molecule has 0 amide bonds. The van der Waals surface area contributed by atoms with Gasteiger partial charge in [0.05, 0.1) is 10.2 Å². The van der Waals surface area contributed by atoms with E-state index in [1.54, 1.807) is 17.7 Å². The maximum absolute atomic E-state index is 4.44. The van der Waals surface area contributed by atoms with E-state index < -0.39 is 0 Å². The summed E-state index contributed by atoms with van der Waals surface area (Å²) in [5, 5.41) is 2.08. The molecule has 0 unspecified atom stereocenters. The number of aromatic nitrogens is 2. The molecule has 1 aliphatic rings. The van der Waals surface area contributed by atoms with Crippen molar-refractivity contribution in [1.82, 2.24) is 9.97 Å². The van der Waals surface area contributed by atoms with Crippen molar-refractivity contribution in [3.05, 3.63) is 17.8 Å². The van der Waals surface area contributed by atoms with E-state index in [9.17, 15) is 0 Å². The minimum atomic E-state index is 0.584. The number of fused-ring (bicyclic) bond motifs is 1. The molecule has 0 aromatic carbocycles. The first-order valence-corrected chi connectivity index (χ1v) is 6.56. The largest absolute Gasteiger partial charge is 0.355 e. The Morgan fingerprint density at radius 2 is 2.25 bits per heavy atom. The zero-order valence-electron chi connectivity index (χ0n) is 9.55. The highest BCUT2D eigenvalue weighted by Crippen LogP contribution is 2.37. The molecule has 2 aromatic heterocycles. The highest BCUT2D eigenvalue weighted by atomic mass is 32.1. The Morgan fingerprint density at radius 3 is 3.00 bits per heavy atom. The van der Waals surface area contributed by atoms with Crippen LogP contribution in [0.2, 0.25) is 0 Å². The van der Waals surface area contributed by atoms with Crippen LogP contribution in [-0.4, -0.2) is 23.1 Å². The van der Waals surface area contributed by atoms with Crippen LogP contribution < -0.4 is 4.90 Å². The lowest BCUT2D eigenvalue weighted by atomic mass is 10.2. The fourth-order valence-electron chi connectivity index (χ4n) is 2.11. The van der Waals surface area contributed by atoms with E-state index in [1.807, 2.05) is 0 Å². The van der Waals surface area contributed by atoms with Crippen molar-refractivity contribution < 1.29 is 0 Å². The topological polar surface area (TPSA) is 29.0 Å². The van der Waals surface area contributed by atoms with Gasteiger partial charge in [-0.15, -0.1) is 11.3 Å². The molecule has 0 aliphatic heterocycles. The van der Waals surface area contributed by atoms with Gasteiger partial charge in [0.15, 0.2) is 0 Å². The Hall–Kier alpha value is -1.16. The second-order valence-corrected chi connectivity index (χ2v) is 5.44. The Kier molecular flexibility index (Phi) is 2.32. The lowest BCUT2D eigenvalue weighted by Crippen LogP contribution is -2.31. The van der Waals surface area contributed by atoms with Gasteiger partial charge in [-0.25, -0.2) is 9.97 Å². The van der Waals surface area contributed by atoms with E-state index in [4.69, 9.17) is 0 Å². The van der Waals surface area contributed by atoms with Gasteiger partial charge < -0.3 is 4.90 Å². The van der Waals surface area contributed by atoms with Crippen molar-refractivity contribution in [2.75, 3.05) is 11.9 Å². The highest BCUT2D eigenvalue weighted by Gasteiger charge is 2.31. The average Bonchev–Trinajstić information content (AvgIpc) is 3.04. The van der Waals surface area contributed by atoms with E-state index >= 15 is 0 Å². The first-order chi connectivity index (χ1) is 7.77. The molecule has 2 heterocycles. The van der Waals surface area contributed by atoms with Gasteiger partial charge in [-0.2, -0.15) is 0 Å². The number of nitrogens with zero attached hydrogens (tertiary/aromatic N) is 3. The van der Waals surface area contributed by atoms with Gasteiger partial charge in [-0.1, -0.05) is 0 Å². The summed E-state index contributed by atoms with van der Waals surface area (Å²) in [6.07, 6.45) is 4.40. The number of hydrogen-bond acceptors (Lipinski definition) is 4. The van der Waals surface area contributed by atoms with E-state index in [2.05, 4.69) is 40.3 Å². The van der Waals surface area contributed by atoms with Gasteiger partial charge in [0.25, 0.3) is 0 Å². The molecule has 1 fully saturated rings. The van der Waals surface area contributed by atoms with Crippen molar-refractivity contribution in [1.29, 1.82) is 0 Å². The number of hydrogen-bond donors (Lipinski definition) is 0. The SMILES string of the molecule is C[C@H](C1CC1)N(C)c1ncnc2ccsc12. The summed E-state index contributed by atoms with van der Waals surface area (Å²) in [7, 11) is 2.14. The second kappa shape index (κ2) is 3.70. The minimum Gasteiger partial charge on any atom is -0.355 e. The summed E-state index contributed by atoms with van der Waals surface area (Å²) >= 11 is 1.73. The van der Waals surface area contributed by atoms with E-state index in [1.165, 1.54) is 17.5 Å². The third-order valence-corrected chi connectivity index (χ3v) is 4.37. The molecule has 0 saturated heterocycles. The van der Waals surface area contributed by atoms with Crippen LogP contribution in [0.5, 0.6) is 0 Å². The predicted octanol–water partition coefficient (Wildman–Crippen LogP) is 2.93. The monoisotopic (exact) mass is 233 g/mol. The zero-order chi connectivity index (χ0) is 11.1. The second-order valence-electron chi connectivity index (χ2n) is 4.52. The maximum Gasteiger partial charge on any atom is 0.150 e. The van der Waals surface area contributed by atoms with E-state index in [0.29, 0.717) is 6.04 Å². The molecule has 3 rings (SSSR count). The van der Waals surface area contributed by atoms with Crippen LogP contribution in [0.1, 0.15) is 19.8 Å². The molecular weight excluding hydrogens is 218 g/mol. The third kappa shape index (κ3) is 1.57. The van der Waals surface area contributed by atoms with Crippen molar-refractivity contribution in [2.24, 2.45) is 5.92 Å². The third-order valence-electron chi connectivity index (χ3n) is 3.47. The number of anilines is 1. The standard InChI is InChI=1S/C12H15N3S/c1-8(9-3-4-9)15(2)12-11-10(5-6-16-11)13-7-14-12/h5-9H,3-4H2,1-2H3/t8-/m1/s1. The lowest BCUT2D eigenvalue weighted by molar-refractivity contribution is 0.605. The molecule has 0 bridgehead atoms. The summed E-state index contributed by atoms with van der Waals surface area (Å²) in [4.78, 5) is 11.0. The van der Waals surface area contributed by atoms with Crippen molar-refractivity contribution >= 4 is 27.4 Å². The number of rotatable bonds is 3. The van der Waals surface area contributed by atoms with Gasteiger partial charge in [-0.05, 0) is 37.1 Å². The van der Waals surface area contributed by atoms with Crippen LogP contribution in [0.25, 0.3) is 10.2 Å². The molecule has 3 nitrogen and oxygen atoms in total. The fourth-order valence-corrected chi connectivity index (χ4v) is 2.99. The van der Waals surface area contributed by atoms with Gasteiger partial charge in [0.1, 0.15) is 12.1 Å². The Labute approximate surface area is 99.1 Å². The van der Waals surface area contributed by atoms with Crippen LogP contribution in [0.15, 0.2) is 17.8 Å². The van der Waals surface area contributed by atoms with Crippen LogP contribution in [0.4, 0.5) is 5.82 Å². The summed E-state index contributed by atoms with van der Waals surface area (Å²) in [5.41, 5.74) is 1.06. The quantitative estimate of drug-likeness (QED) is 0.816. The minimum absolute atomic E-state index is 0.584. The summed E-state index contributed by atoms with van der Waals surface area (Å²) in [6.45, 7) is 2.29. The molecule has 0 N–H and O–H groups in total. The Bertz CT molecular complexity index is 504. The summed E-state index contributed by atoms with van der Waals surface area (Å²) in [6, 6.07) is 2.64. The lowest BCUT2D eigenvalue weighted by Gasteiger charge is -2.26. The van der Waals surface area contributed by atoms with Gasteiger partial charge >= 0.3 is 0 Å². The molecule has 1 aliphatic carbocycles. The fraction of sp³-hybridized carbons (Fsp3) is 0.500. The smallest absolute Gasteiger partial charge is 0.150 e. The molecule has 0 spiro atoms. The maximum atomic E-state index is 4.44. The van der Waals surface area contributed by atoms with Crippen molar-refractivity contribution in [3.63, 3.8) is 0 Å². The highest BCUT2D eigenvalue weighted by molar-refractivity contribution is 7.17.